The molecule has 1 spiro atoms. The minimum Gasteiger partial charge on any atom is -0.381 e. The van der Waals surface area contributed by atoms with Crippen molar-refractivity contribution < 1.29 is 0 Å². The molecule has 6 heterocycles. The lowest BCUT2D eigenvalue weighted by Crippen LogP contribution is -2.45. The van der Waals surface area contributed by atoms with E-state index in [2.05, 4.69) is 30.0 Å². The fraction of sp³-hybridized carbons (Fsp3) is 0.318. The topological polar surface area (TPSA) is 130 Å². The van der Waals surface area contributed by atoms with Crippen molar-refractivity contribution in [1.29, 1.82) is 0 Å². The lowest BCUT2D eigenvalue weighted by Gasteiger charge is -2.41. The normalized spacial score (nSPS) is 19.0. The summed E-state index contributed by atoms with van der Waals surface area (Å²) < 4.78 is 3.67. The van der Waals surface area contributed by atoms with Crippen molar-refractivity contribution in [2.24, 2.45) is 11.1 Å². The summed E-state index contributed by atoms with van der Waals surface area (Å²) in [6, 6.07) is 5.69. The highest BCUT2D eigenvalue weighted by Gasteiger charge is 2.47. The van der Waals surface area contributed by atoms with Gasteiger partial charge < -0.3 is 16.4 Å². The van der Waals surface area contributed by atoms with Gasteiger partial charge in [0.15, 0.2) is 11.6 Å². The molecule has 4 aromatic rings. The summed E-state index contributed by atoms with van der Waals surface area (Å²) in [6.45, 7) is 2.58. The number of nitrogens with zero attached hydrogens (tertiary/aromatic N) is 8. The van der Waals surface area contributed by atoms with Crippen molar-refractivity contribution in [2.45, 2.75) is 35.3 Å². The molecule has 0 saturated carbocycles. The second kappa shape index (κ2) is 8.26. The Hall–Kier alpha value is -3.15. The van der Waals surface area contributed by atoms with Crippen LogP contribution in [0.1, 0.15) is 24.6 Å². The maximum absolute atomic E-state index is 6.60. The molecule has 4 aromatic heterocycles. The van der Waals surface area contributed by atoms with Gasteiger partial charge in [-0.05, 0) is 31.0 Å². The molecule has 0 bridgehead atoms. The zero-order chi connectivity index (χ0) is 23.3. The predicted octanol–water partition coefficient (Wildman–Crippen LogP) is 2.94. The van der Waals surface area contributed by atoms with Crippen LogP contribution in [0, 0.1) is 5.41 Å². The van der Waals surface area contributed by atoms with Crippen molar-refractivity contribution in [1.82, 2.24) is 34.5 Å². The van der Waals surface area contributed by atoms with Gasteiger partial charge in [-0.2, -0.15) is 10.2 Å². The number of rotatable bonds is 4. The van der Waals surface area contributed by atoms with Crippen LogP contribution in [-0.2, 0) is 6.54 Å². The maximum atomic E-state index is 6.60. The zero-order valence-electron chi connectivity index (χ0n) is 18.3. The number of fused-ring (bicyclic) bond motifs is 1. The number of hydrogen-bond donors (Lipinski definition) is 2. The molecule has 2 aliphatic heterocycles. The summed E-state index contributed by atoms with van der Waals surface area (Å²) in [7, 11) is 0. The third-order valence-corrected chi connectivity index (χ3v) is 8.34. The van der Waals surface area contributed by atoms with Crippen LogP contribution in [0.3, 0.4) is 0 Å². The first-order valence-corrected chi connectivity index (χ1v) is 12.2. The number of anilines is 2. The van der Waals surface area contributed by atoms with E-state index in [4.69, 9.17) is 23.1 Å². The molecule has 6 rings (SSSR count). The Balaban J connectivity index is 1.17. The fourth-order valence-corrected chi connectivity index (χ4v) is 5.95. The van der Waals surface area contributed by atoms with Gasteiger partial charge in [0.1, 0.15) is 10.8 Å². The van der Waals surface area contributed by atoms with E-state index < -0.39 is 0 Å². The first-order chi connectivity index (χ1) is 16.5. The lowest BCUT2D eigenvalue weighted by molar-refractivity contribution is 0.170. The number of hydrogen-bond acceptors (Lipinski definition) is 9. The average Bonchev–Trinajstić information content (AvgIpc) is 3.58. The van der Waals surface area contributed by atoms with Crippen LogP contribution < -0.4 is 16.4 Å². The van der Waals surface area contributed by atoms with E-state index >= 15 is 0 Å². The minimum atomic E-state index is 0.0174. The number of piperidine rings is 1. The Morgan fingerprint density at radius 2 is 1.94 bits per heavy atom. The van der Waals surface area contributed by atoms with E-state index in [1.165, 1.54) is 11.8 Å². The van der Waals surface area contributed by atoms with Gasteiger partial charge in [-0.15, -0.1) is 0 Å². The molecule has 0 aliphatic carbocycles. The lowest BCUT2D eigenvalue weighted by atomic mass is 9.73. The smallest absolute Gasteiger partial charge is 0.173 e. The average molecular weight is 495 g/mol. The minimum absolute atomic E-state index is 0.0174. The molecule has 2 aliphatic rings. The van der Waals surface area contributed by atoms with Gasteiger partial charge in [0.05, 0.1) is 23.0 Å². The molecule has 0 aromatic carbocycles. The Kier molecular flexibility index (Phi) is 5.19. The first-order valence-electron chi connectivity index (χ1n) is 11.0. The molecule has 0 radical (unpaired) electrons. The Bertz CT molecular complexity index is 1330. The zero-order valence-corrected chi connectivity index (χ0v) is 19.8. The van der Waals surface area contributed by atoms with E-state index in [9.17, 15) is 0 Å². The van der Waals surface area contributed by atoms with E-state index in [1.807, 2.05) is 29.1 Å². The summed E-state index contributed by atoms with van der Waals surface area (Å²) in [6.07, 6.45) is 10.7. The van der Waals surface area contributed by atoms with Crippen LogP contribution >= 0.6 is 23.4 Å². The third kappa shape index (κ3) is 3.51. The van der Waals surface area contributed by atoms with E-state index in [-0.39, 0.29) is 11.5 Å². The van der Waals surface area contributed by atoms with Crippen molar-refractivity contribution in [2.75, 3.05) is 23.7 Å². The first kappa shape index (κ1) is 21.4. The second-order valence-corrected chi connectivity index (χ2v) is 10.1. The van der Waals surface area contributed by atoms with Gasteiger partial charge in [-0.25, -0.2) is 19.6 Å². The highest BCUT2D eigenvalue weighted by atomic mass is 35.5. The van der Waals surface area contributed by atoms with E-state index in [1.54, 1.807) is 29.5 Å². The number of pyridine rings is 1. The molecule has 1 atom stereocenters. The fourth-order valence-electron chi connectivity index (χ4n) is 4.87. The summed E-state index contributed by atoms with van der Waals surface area (Å²) in [4.78, 5) is 16.6. The van der Waals surface area contributed by atoms with Crippen LogP contribution in [0.25, 0.3) is 5.82 Å². The Morgan fingerprint density at radius 1 is 1.09 bits per heavy atom. The maximum Gasteiger partial charge on any atom is 0.173 e. The Labute approximate surface area is 205 Å². The van der Waals surface area contributed by atoms with E-state index in [0.717, 1.165) is 48.9 Å². The van der Waals surface area contributed by atoms with Gasteiger partial charge in [-0.3, -0.25) is 4.68 Å². The largest absolute Gasteiger partial charge is 0.381 e. The Morgan fingerprint density at radius 3 is 2.68 bits per heavy atom. The summed E-state index contributed by atoms with van der Waals surface area (Å²) >= 11 is 7.95. The number of aromatic nitrogens is 7. The number of nitrogens with two attached hydrogens (primary N) is 2. The highest BCUT2D eigenvalue weighted by molar-refractivity contribution is 7.99. The van der Waals surface area contributed by atoms with Gasteiger partial charge in [0.25, 0.3) is 0 Å². The van der Waals surface area contributed by atoms with Gasteiger partial charge in [0.2, 0.25) is 0 Å². The molecule has 1 fully saturated rings. The number of nitrogen functional groups attached to an aromatic ring is 1. The SMILES string of the molecule is Nc1nc(N2CCC3(CC2)Cn2nccc2[C@H]3N)cnc1Sc1ccnc(-n2cccn2)c1Cl. The van der Waals surface area contributed by atoms with Crippen molar-refractivity contribution in [3.05, 3.63) is 59.9 Å². The molecule has 0 unspecified atom stereocenters. The molecule has 10 nitrogen and oxygen atoms in total. The van der Waals surface area contributed by atoms with Crippen LogP contribution in [0.2, 0.25) is 5.02 Å². The van der Waals surface area contributed by atoms with Crippen LogP contribution in [-0.4, -0.2) is 47.6 Å². The third-order valence-electron chi connectivity index (χ3n) is 6.79. The van der Waals surface area contributed by atoms with Gasteiger partial charge in [0, 0.05) is 54.7 Å². The molecular formula is C22H23ClN10S. The van der Waals surface area contributed by atoms with Crippen LogP contribution in [0.5, 0.6) is 0 Å². The van der Waals surface area contributed by atoms with Gasteiger partial charge >= 0.3 is 0 Å². The predicted molar refractivity (Wildman–Crippen MR) is 130 cm³/mol. The molecular weight excluding hydrogens is 472 g/mol. The highest BCUT2D eigenvalue weighted by Crippen LogP contribution is 2.48. The summed E-state index contributed by atoms with van der Waals surface area (Å²) in [5.41, 5.74) is 14.1. The summed E-state index contributed by atoms with van der Waals surface area (Å²) in [5, 5.41) is 9.70. The summed E-state index contributed by atoms with van der Waals surface area (Å²) in [5.74, 6) is 1.70. The molecule has 4 N–H and O–H groups in total. The van der Waals surface area contributed by atoms with Crippen LogP contribution in [0.15, 0.2) is 59.1 Å². The standard InChI is InChI=1S/C22H23ClN10S/c23-17-15(3-7-26-20(17)32-9-1-6-28-32)34-21-19(25)30-16(12-27-21)31-10-4-22(5-11-31)13-33-14(18(22)24)2-8-29-33/h1-3,6-9,12,18H,4-5,10-11,13,24H2,(H2,25,30)/t18-/m1/s1. The molecule has 174 valence electrons. The monoisotopic (exact) mass is 494 g/mol. The molecule has 0 amide bonds. The quantitative estimate of drug-likeness (QED) is 0.439. The van der Waals surface area contributed by atoms with Crippen molar-refractivity contribution >= 4 is 35.0 Å². The van der Waals surface area contributed by atoms with Crippen LogP contribution in [0.4, 0.5) is 11.6 Å². The molecule has 12 heteroatoms. The molecule has 1 saturated heterocycles. The number of halogens is 1. The van der Waals surface area contributed by atoms with Crippen molar-refractivity contribution in [3.8, 4) is 5.82 Å². The van der Waals surface area contributed by atoms with Gasteiger partial charge in [-0.1, -0.05) is 23.4 Å². The molecule has 34 heavy (non-hydrogen) atoms. The van der Waals surface area contributed by atoms with E-state index in [0.29, 0.717) is 21.7 Å². The van der Waals surface area contributed by atoms with Crippen molar-refractivity contribution in [3.63, 3.8) is 0 Å². The second-order valence-electron chi connectivity index (χ2n) is 8.66.